The van der Waals surface area contributed by atoms with Crippen molar-refractivity contribution < 1.29 is 9.53 Å². The molecule has 0 spiro atoms. The Balaban J connectivity index is 1.33. The summed E-state index contributed by atoms with van der Waals surface area (Å²) in [7, 11) is 0. The van der Waals surface area contributed by atoms with Gasteiger partial charge >= 0.3 is 0 Å². The number of nitrogens with zero attached hydrogens (tertiary/aromatic N) is 3. The molecule has 4 rings (SSSR count). The molecule has 2 atom stereocenters. The number of aromatic nitrogens is 3. The Kier molecular flexibility index (Phi) is 7.23. The van der Waals surface area contributed by atoms with Crippen molar-refractivity contribution in [2.24, 2.45) is 0 Å². The van der Waals surface area contributed by atoms with Crippen LogP contribution in [0.1, 0.15) is 68.1 Å². The number of nitrogens with two attached hydrogens (primary N) is 1. The van der Waals surface area contributed by atoms with E-state index in [9.17, 15) is 4.79 Å². The van der Waals surface area contributed by atoms with E-state index >= 15 is 0 Å². The lowest BCUT2D eigenvalue weighted by Crippen LogP contribution is -2.36. The molecule has 2 aromatic carbocycles. The average molecular weight is 466 g/mol. The number of carbonyl (C=O) groups excluding carboxylic acids is 1. The molecule has 0 unspecified atom stereocenters. The first-order valence-corrected chi connectivity index (χ1v) is 12.3. The van der Waals surface area contributed by atoms with Gasteiger partial charge in [-0.2, -0.15) is 0 Å². The molecule has 8 heteroatoms. The summed E-state index contributed by atoms with van der Waals surface area (Å²) in [4.78, 5) is 12.9. The Morgan fingerprint density at radius 2 is 1.94 bits per heavy atom. The van der Waals surface area contributed by atoms with Gasteiger partial charge in [-0.05, 0) is 60.9 Å². The molecule has 1 aliphatic carbocycles. The lowest BCUT2D eigenvalue weighted by atomic mass is 9.88. The maximum atomic E-state index is 12.9. The van der Waals surface area contributed by atoms with Crippen LogP contribution in [0.15, 0.2) is 53.7 Å². The quantitative estimate of drug-likeness (QED) is 0.379. The van der Waals surface area contributed by atoms with Crippen molar-refractivity contribution >= 4 is 17.7 Å². The van der Waals surface area contributed by atoms with Gasteiger partial charge in [0.15, 0.2) is 5.82 Å². The average Bonchev–Trinajstić information content (AvgIpc) is 3.17. The first-order chi connectivity index (χ1) is 15.9. The molecule has 0 fully saturated rings. The van der Waals surface area contributed by atoms with Gasteiger partial charge < -0.3 is 15.9 Å². The zero-order valence-corrected chi connectivity index (χ0v) is 20.1. The largest absolute Gasteiger partial charge is 0.486 e. The summed E-state index contributed by atoms with van der Waals surface area (Å²) in [5.74, 6) is 7.87. The lowest BCUT2D eigenvalue weighted by molar-refractivity contribution is -0.121. The minimum Gasteiger partial charge on any atom is -0.486 e. The van der Waals surface area contributed by atoms with E-state index in [0.29, 0.717) is 16.9 Å². The van der Waals surface area contributed by atoms with Crippen LogP contribution in [-0.2, 0) is 17.8 Å². The highest BCUT2D eigenvalue weighted by molar-refractivity contribution is 8.00. The van der Waals surface area contributed by atoms with E-state index in [1.165, 1.54) is 33.1 Å². The number of ether oxygens (including phenoxy) is 1. The number of hydrogen-bond donors (Lipinski definition) is 2. The molecule has 1 heterocycles. The van der Waals surface area contributed by atoms with Crippen LogP contribution in [0.2, 0.25) is 0 Å². The van der Waals surface area contributed by atoms with Gasteiger partial charge in [-0.25, -0.2) is 4.68 Å². The van der Waals surface area contributed by atoms with Crippen LogP contribution >= 0.6 is 11.8 Å². The van der Waals surface area contributed by atoms with Crippen LogP contribution in [0.4, 0.5) is 0 Å². The summed E-state index contributed by atoms with van der Waals surface area (Å²) in [5.41, 5.74) is 3.80. The summed E-state index contributed by atoms with van der Waals surface area (Å²) >= 11 is 1.29. The number of aryl methyl sites for hydroxylation is 1. The number of carbonyl (C=O) groups is 1. The summed E-state index contributed by atoms with van der Waals surface area (Å²) in [6.45, 7) is 6.36. The minimum atomic E-state index is -0.358. The number of amides is 1. The maximum absolute atomic E-state index is 12.9. The second-order valence-electron chi connectivity index (χ2n) is 8.69. The van der Waals surface area contributed by atoms with E-state index in [1.54, 1.807) is 0 Å². The number of nitrogen functional groups attached to an aromatic ring is 1. The van der Waals surface area contributed by atoms with Crippen LogP contribution < -0.4 is 15.9 Å². The van der Waals surface area contributed by atoms with E-state index in [0.717, 1.165) is 25.0 Å². The Morgan fingerprint density at radius 1 is 1.18 bits per heavy atom. The maximum Gasteiger partial charge on any atom is 0.233 e. The molecule has 3 aromatic rings. The monoisotopic (exact) mass is 465 g/mol. The van der Waals surface area contributed by atoms with Gasteiger partial charge in [-0.15, -0.1) is 10.2 Å². The van der Waals surface area contributed by atoms with Crippen molar-refractivity contribution in [3.8, 4) is 5.75 Å². The summed E-state index contributed by atoms with van der Waals surface area (Å²) in [6, 6.07) is 16.4. The fraction of sp³-hybridized carbons (Fsp3) is 0.400. The Morgan fingerprint density at radius 3 is 2.70 bits per heavy atom. The number of thioether (sulfide) groups is 1. The molecular formula is C25H31N5O2S. The molecule has 174 valence electrons. The third-order valence-electron chi connectivity index (χ3n) is 5.99. The molecular weight excluding hydrogens is 434 g/mol. The normalized spacial score (nSPS) is 16.3. The number of fused-ring (bicyclic) bond motifs is 1. The first-order valence-electron chi connectivity index (χ1n) is 11.4. The van der Waals surface area contributed by atoms with E-state index < -0.39 is 0 Å². The molecule has 33 heavy (non-hydrogen) atoms. The van der Waals surface area contributed by atoms with Gasteiger partial charge in [0.05, 0.1) is 11.3 Å². The van der Waals surface area contributed by atoms with Crippen LogP contribution in [0.5, 0.6) is 5.75 Å². The Bertz CT molecular complexity index is 1100. The molecule has 0 aliphatic heterocycles. The van der Waals surface area contributed by atoms with E-state index in [-0.39, 0.29) is 23.8 Å². The second-order valence-corrected chi connectivity index (χ2v) is 10.0. The fourth-order valence-corrected chi connectivity index (χ4v) is 4.79. The van der Waals surface area contributed by atoms with Gasteiger partial charge in [0, 0.05) is 0 Å². The molecule has 7 nitrogen and oxygen atoms in total. The standard InChI is InChI=1S/C25H31N5O2S/c1-16(2)18-11-13-20(14-12-18)32-15-23-28-29-25(30(23)26)33-17(3)24(31)27-22-10-6-8-19-7-4-5-9-21(19)22/h4-5,7,9,11-14,16-17,22H,6,8,10,15,26H2,1-3H3,(H,27,31)/t17-,22+/m1/s1. The zero-order valence-electron chi connectivity index (χ0n) is 19.3. The van der Waals surface area contributed by atoms with Crippen molar-refractivity contribution in [3.63, 3.8) is 0 Å². The SMILES string of the molecule is CC(C)c1ccc(OCc2nnc(S[C@H](C)C(=O)N[C@H]3CCCc4ccccc43)n2N)cc1. The highest BCUT2D eigenvalue weighted by atomic mass is 32.2. The number of nitrogens with one attached hydrogen (secondary N) is 1. The van der Waals surface area contributed by atoms with E-state index in [2.05, 4.69) is 59.7 Å². The first kappa shape index (κ1) is 23.2. The second kappa shape index (κ2) is 10.3. The fourth-order valence-electron chi connectivity index (χ4n) is 3.99. The highest BCUT2D eigenvalue weighted by Gasteiger charge is 2.25. The van der Waals surface area contributed by atoms with Crippen LogP contribution in [0.3, 0.4) is 0 Å². The predicted molar refractivity (Wildman–Crippen MR) is 131 cm³/mol. The van der Waals surface area contributed by atoms with Crippen LogP contribution in [0.25, 0.3) is 0 Å². The van der Waals surface area contributed by atoms with Crippen molar-refractivity contribution in [1.82, 2.24) is 20.2 Å². The van der Waals surface area contributed by atoms with E-state index in [4.69, 9.17) is 10.6 Å². The molecule has 0 radical (unpaired) electrons. The number of benzene rings is 2. The van der Waals surface area contributed by atoms with Crippen molar-refractivity contribution in [2.45, 2.75) is 69.0 Å². The van der Waals surface area contributed by atoms with Gasteiger partial charge in [-0.3, -0.25) is 4.79 Å². The Hall–Kier alpha value is -3.00. The zero-order chi connectivity index (χ0) is 23.4. The third-order valence-corrected chi connectivity index (χ3v) is 7.04. The lowest BCUT2D eigenvalue weighted by Gasteiger charge is -2.27. The molecule has 0 bridgehead atoms. The van der Waals surface area contributed by atoms with Gasteiger partial charge in [0.25, 0.3) is 0 Å². The number of hydrogen-bond acceptors (Lipinski definition) is 6. The molecule has 1 amide bonds. The van der Waals surface area contributed by atoms with Gasteiger partial charge in [0.1, 0.15) is 12.4 Å². The summed E-state index contributed by atoms with van der Waals surface area (Å²) in [6.07, 6.45) is 3.09. The van der Waals surface area contributed by atoms with Crippen molar-refractivity contribution in [2.75, 3.05) is 5.84 Å². The minimum absolute atomic E-state index is 0.0345. The predicted octanol–water partition coefficient (Wildman–Crippen LogP) is 4.37. The van der Waals surface area contributed by atoms with Crippen molar-refractivity contribution in [1.29, 1.82) is 0 Å². The molecule has 3 N–H and O–H groups in total. The number of rotatable bonds is 8. The van der Waals surface area contributed by atoms with Crippen LogP contribution in [0, 0.1) is 0 Å². The van der Waals surface area contributed by atoms with Gasteiger partial charge in [0.2, 0.25) is 11.1 Å². The van der Waals surface area contributed by atoms with Gasteiger partial charge in [-0.1, -0.05) is 62.0 Å². The summed E-state index contributed by atoms with van der Waals surface area (Å²) in [5, 5.41) is 11.6. The summed E-state index contributed by atoms with van der Waals surface area (Å²) < 4.78 is 7.21. The smallest absolute Gasteiger partial charge is 0.233 e. The Labute approximate surface area is 199 Å². The highest BCUT2D eigenvalue weighted by Crippen LogP contribution is 2.30. The molecule has 1 aromatic heterocycles. The third kappa shape index (κ3) is 5.50. The topological polar surface area (TPSA) is 95.1 Å². The molecule has 0 saturated heterocycles. The van der Waals surface area contributed by atoms with E-state index in [1.807, 2.05) is 25.1 Å². The van der Waals surface area contributed by atoms with Crippen molar-refractivity contribution in [3.05, 3.63) is 71.0 Å². The molecule has 0 saturated carbocycles. The van der Waals surface area contributed by atoms with Crippen LogP contribution in [-0.4, -0.2) is 26.0 Å². The molecule has 1 aliphatic rings.